The maximum Gasteiger partial charge on any atom is 0.255 e. The summed E-state index contributed by atoms with van der Waals surface area (Å²) < 4.78 is 10.6. The molecule has 2 N–H and O–H groups in total. The van der Waals surface area contributed by atoms with Crippen LogP contribution < -0.4 is 15.4 Å². The largest absolute Gasteiger partial charge is 0.485 e. The van der Waals surface area contributed by atoms with Gasteiger partial charge in [-0.05, 0) is 12.1 Å². The maximum absolute atomic E-state index is 12.5. The first kappa shape index (κ1) is 17.4. The molecule has 1 saturated heterocycles. The van der Waals surface area contributed by atoms with Crippen molar-refractivity contribution in [2.45, 2.75) is 13.5 Å². The zero-order valence-corrected chi connectivity index (χ0v) is 14.3. The number of ether oxygens (including phenoxy) is 1. The summed E-state index contributed by atoms with van der Waals surface area (Å²) in [7, 11) is 0. The van der Waals surface area contributed by atoms with Gasteiger partial charge in [0.15, 0.2) is 6.61 Å². The van der Waals surface area contributed by atoms with Crippen molar-refractivity contribution in [2.24, 2.45) is 0 Å². The first-order valence-corrected chi connectivity index (χ1v) is 8.44. The highest BCUT2D eigenvalue weighted by atomic mass is 16.5. The van der Waals surface area contributed by atoms with Crippen molar-refractivity contribution in [1.82, 2.24) is 25.7 Å². The molecule has 1 fully saturated rings. The molecule has 25 heavy (non-hydrogen) atoms. The number of carbonyl (C=O) groups excluding carboxylic acids is 1. The molecule has 2 heterocycles. The average molecular weight is 345 g/mol. The van der Waals surface area contributed by atoms with Crippen molar-refractivity contribution in [1.29, 1.82) is 0 Å². The summed E-state index contributed by atoms with van der Waals surface area (Å²) in [5.41, 5.74) is 0.503. The summed E-state index contributed by atoms with van der Waals surface area (Å²) in [5.74, 6) is 1.30. The van der Waals surface area contributed by atoms with Gasteiger partial charge >= 0.3 is 0 Å². The second-order valence-electron chi connectivity index (χ2n) is 5.86. The fourth-order valence-corrected chi connectivity index (χ4v) is 2.68. The van der Waals surface area contributed by atoms with Gasteiger partial charge in [0.05, 0.1) is 5.56 Å². The van der Waals surface area contributed by atoms with E-state index in [0.29, 0.717) is 29.6 Å². The predicted octanol–water partition coefficient (Wildman–Crippen LogP) is 0.592. The molecule has 2 aromatic rings. The normalized spacial score (nSPS) is 15.1. The van der Waals surface area contributed by atoms with Crippen molar-refractivity contribution in [3.05, 3.63) is 41.5 Å². The SMILES string of the molecule is Cc1nc(COc2ccccc2C(=O)NCCN2CCNCC2)no1. The fraction of sp³-hybridized carbons (Fsp3) is 0.471. The van der Waals surface area contributed by atoms with Crippen molar-refractivity contribution in [3.63, 3.8) is 0 Å². The highest BCUT2D eigenvalue weighted by Crippen LogP contribution is 2.18. The van der Waals surface area contributed by atoms with Crippen LogP contribution in [0.4, 0.5) is 0 Å². The molecule has 0 atom stereocenters. The molecule has 0 radical (unpaired) electrons. The number of hydrogen-bond donors (Lipinski definition) is 2. The van der Waals surface area contributed by atoms with Gasteiger partial charge in [0.1, 0.15) is 5.75 Å². The fourth-order valence-electron chi connectivity index (χ4n) is 2.68. The molecule has 1 aliphatic rings. The molecular weight excluding hydrogens is 322 g/mol. The second kappa shape index (κ2) is 8.59. The number of carbonyl (C=O) groups is 1. The van der Waals surface area contributed by atoms with Crippen LogP contribution in [0.25, 0.3) is 0 Å². The number of rotatable bonds is 7. The molecule has 1 amide bonds. The van der Waals surface area contributed by atoms with Crippen molar-refractivity contribution >= 4 is 5.91 Å². The van der Waals surface area contributed by atoms with Crippen LogP contribution in [-0.4, -0.2) is 60.2 Å². The molecule has 0 unspecified atom stereocenters. The Morgan fingerprint density at radius 3 is 2.92 bits per heavy atom. The van der Waals surface area contributed by atoms with E-state index in [1.54, 1.807) is 19.1 Å². The highest BCUT2D eigenvalue weighted by Gasteiger charge is 2.14. The zero-order valence-electron chi connectivity index (χ0n) is 14.3. The zero-order chi connectivity index (χ0) is 17.5. The van der Waals surface area contributed by atoms with Crippen molar-refractivity contribution in [2.75, 3.05) is 39.3 Å². The number of hydrogen-bond acceptors (Lipinski definition) is 7. The van der Waals surface area contributed by atoms with Gasteiger partial charge in [0.25, 0.3) is 5.91 Å². The summed E-state index contributed by atoms with van der Waals surface area (Å²) in [4.78, 5) is 18.9. The summed E-state index contributed by atoms with van der Waals surface area (Å²) in [6.45, 7) is 7.36. The van der Waals surface area contributed by atoms with Crippen LogP contribution in [0.5, 0.6) is 5.75 Å². The minimum atomic E-state index is -0.143. The number of aryl methyl sites for hydroxylation is 1. The van der Waals surface area contributed by atoms with Crippen LogP contribution in [0.1, 0.15) is 22.1 Å². The van der Waals surface area contributed by atoms with E-state index in [-0.39, 0.29) is 12.5 Å². The lowest BCUT2D eigenvalue weighted by Crippen LogP contribution is -2.46. The Balaban J connectivity index is 1.52. The number of amides is 1. The minimum absolute atomic E-state index is 0.143. The van der Waals surface area contributed by atoms with Crippen LogP contribution >= 0.6 is 0 Å². The van der Waals surface area contributed by atoms with Crippen molar-refractivity contribution < 1.29 is 14.1 Å². The number of nitrogens with zero attached hydrogens (tertiary/aromatic N) is 3. The van der Waals surface area contributed by atoms with Gasteiger partial charge < -0.3 is 19.9 Å². The van der Waals surface area contributed by atoms with E-state index in [4.69, 9.17) is 9.26 Å². The summed E-state index contributed by atoms with van der Waals surface area (Å²) in [6, 6.07) is 7.15. The topological polar surface area (TPSA) is 92.5 Å². The molecule has 0 spiro atoms. The Bertz CT molecular complexity index is 697. The van der Waals surface area contributed by atoms with Crippen LogP contribution in [0, 0.1) is 6.92 Å². The van der Waals surface area contributed by atoms with Gasteiger partial charge in [-0.25, -0.2) is 0 Å². The monoisotopic (exact) mass is 345 g/mol. The third-order valence-electron chi connectivity index (χ3n) is 3.98. The van der Waals surface area contributed by atoms with Gasteiger partial charge in [-0.3, -0.25) is 9.69 Å². The average Bonchev–Trinajstić information content (AvgIpc) is 3.06. The Hall–Kier alpha value is -2.45. The number of benzene rings is 1. The Kier molecular flexibility index (Phi) is 5.97. The van der Waals surface area contributed by atoms with E-state index in [9.17, 15) is 4.79 Å². The Morgan fingerprint density at radius 1 is 1.36 bits per heavy atom. The molecule has 1 aliphatic heterocycles. The van der Waals surface area contributed by atoms with Crippen LogP contribution in [0.2, 0.25) is 0 Å². The number of para-hydroxylation sites is 1. The van der Waals surface area contributed by atoms with E-state index in [0.717, 1.165) is 32.7 Å². The van der Waals surface area contributed by atoms with Gasteiger partial charge in [0, 0.05) is 46.2 Å². The number of nitrogens with one attached hydrogen (secondary N) is 2. The Morgan fingerprint density at radius 2 is 2.16 bits per heavy atom. The van der Waals surface area contributed by atoms with Crippen LogP contribution in [-0.2, 0) is 6.61 Å². The molecule has 1 aromatic carbocycles. The molecule has 3 rings (SSSR count). The third kappa shape index (κ3) is 5.01. The molecule has 8 nitrogen and oxygen atoms in total. The summed E-state index contributed by atoms with van der Waals surface area (Å²) in [5, 5.41) is 10.1. The van der Waals surface area contributed by atoms with E-state index < -0.39 is 0 Å². The van der Waals surface area contributed by atoms with Gasteiger partial charge in [-0.2, -0.15) is 4.98 Å². The molecule has 1 aromatic heterocycles. The first-order chi connectivity index (χ1) is 12.2. The first-order valence-electron chi connectivity index (χ1n) is 8.44. The predicted molar refractivity (Wildman–Crippen MR) is 91.5 cm³/mol. The molecule has 0 bridgehead atoms. The maximum atomic E-state index is 12.5. The highest BCUT2D eigenvalue weighted by molar-refractivity contribution is 5.96. The summed E-state index contributed by atoms with van der Waals surface area (Å²) >= 11 is 0. The lowest BCUT2D eigenvalue weighted by atomic mass is 10.2. The second-order valence-corrected chi connectivity index (χ2v) is 5.86. The minimum Gasteiger partial charge on any atom is -0.485 e. The quantitative estimate of drug-likeness (QED) is 0.759. The lowest BCUT2D eigenvalue weighted by Gasteiger charge is -2.27. The molecule has 0 aliphatic carbocycles. The van der Waals surface area contributed by atoms with E-state index in [1.165, 1.54) is 0 Å². The van der Waals surface area contributed by atoms with Gasteiger partial charge in [0.2, 0.25) is 11.7 Å². The number of aromatic nitrogens is 2. The van der Waals surface area contributed by atoms with E-state index >= 15 is 0 Å². The molecular formula is C17H23N5O3. The smallest absolute Gasteiger partial charge is 0.255 e. The summed E-state index contributed by atoms with van der Waals surface area (Å²) in [6.07, 6.45) is 0. The van der Waals surface area contributed by atoms with Crippen LogP contribution in [0.15, 0.2) is 28.8 Å². The molecule has 0 saturated carbocycles. The molecule has 134 valence electrons. The third-order valence-corrected chi connectivity index (χ3v) is 3.98. The standard InChI is InChI=1S/C17H23N5O3/c1-13-20-16(21-25-13)12-24-15-5-3-2-4-14(15)17(23)19-8-11-22-9-6-18-7-10-22/h2-5,18H,6-12H2,1H3,(H,19,23). The van der Waals surface area contributed by atoms with E-state index in [2.05, 4.69) is 25.7 Å². The van der Waals surface area contributed by atoms with E-state index in [1.807, 2.05) is 12.1 Å². The van der Waals surface area contributed by atoms with Gasteiger partial charge in [-0.15, -0.1) is 0 Å². The van der Waals surface area contributed by atoms with Gasteiger partial charge in [-0.1, -0.05) is 17.3 Å². The lowest BCUT2D eigenvalue weighted by molar-refractivity contribution is 0.0942. The Labute approximate surface area is 146 Å². The van der Waals surface area contributed by atoms with Crippen LogP contribution in [0.3, 0.4) is 0 Å². The number of piperazine rings is 1. The molecule has 8 heteroatoms. The van der Waals surface area contributed by atoms with Crippen molar-refractivity contribution in [3.8, 4) is 5.75 Å².